The second-order valence-corrected chi connectivity index (χ2v) is 5.18. The molecule has 0 fully saturated rings. The molecule has 1 aromatic carbocycles. The van der Waals surface area contributed by atoms with Crippen molar-refractivity contribution in [3.63, 3.8) is 0 Å². The predicted octanol–water partition coefficient (Wildman–Crippen LogP) is 4.72. The highest BCUT2D eigenvalue weighted by atomic mass is 79.9. The third-order valence-corrected chi connectivity index (χ3v) is 3.79. The minimum absolute atomic E-state index is 0.356. The number of benzene rings is 1. The Labute approximate surface area is 112 Å². The molecule has 0 aliphatic carbocycles. The second-order valence-electron chi connectivity index (χ2n) is 4.07. The van der Waals surface area contributed by atoms with Gasteiger partial charge in [0.25, 0.3) is 0 Å². The molecule has 0 spiro atoms. The van der Waals surface area contributed by atoms with E-state index in [2.05, 4.69) is 28.9 Å². The molecule has 1 unspecified atom stereocenters. The lowest BCUT2D eigenvalue weighted by Crippen LogP contribution is -1.96. The highest BCUT2D eigenvalue weighted by molar-refractivity contribution is 9.09. The maximum Gasteiger partial charge on any atom is 0.126 e. The van der Waals surface area contributed by atoms with E-state index in [0.717, 1.165) is 17.9 Å². The Bertz CT molecular complexity index is 339. The van der Waals surface area contributed by atoms with Crippen LogP contribution in [0, 0.1) is 0 Å². The number of alkyl halides is 1. The summed E-state index contributed by atoms with van der Waals surface area (Å²) >= 11 is 3.73. The summed E-state index contributed by atoms with van der Waals surface area (Å²) in [5.41, 5.74) is 1.20. The third-order valence-electron chi connectivity index (χ3n) is 2.84. The molecule has 2 nitrogen and oxygen atoms in total. The first kappa shape index (κ1) is 14.4. The summed E-state index contributed by atoms with van der Waals surface area (Å²) in [6.07, 6.45) is 4.90. The van der Waals surface area contributed by atoms with E-state index in [1.54, 1.807) is 14.2 Å². The largest absolute Gasteiger partial charge is 0.497 e. The van der Waals surface area contributed by atoms with Crippen LogP contribution in [0.1, 0.15) is 43.0 Å². The fraction of sp³-hybridized carbons (Fsp3) is 0.571. The zero-order chi connectivity index (χ0) is 12.7. The van der Waals surface area contributed by atoms with Gasteiger partial charge < -0.3 is 9.47 Å². The molecule has 3 heteroatoms. The van der Waals surface area contributed by atoms with Gasteiger partial charge in [0, 0.05) is 16.5 Å². The van der Waals surface area contributed by atoms with Gasteiger partial charge in [0.05, 0.1) is 14.2 Å². The van der Waals surface area contributed by atoms with E-state index in [0.29, 0.717) is 4.83 Å². The van der Waals surface area contributed by atoms with E-state index in [1.165, 1.54) is 24.8 Å². The lowest BCUT2D eigenvalue weighted by Gasteiger charge is -2.15. The van der Waals surface area contributed by atoms with Gasteiger partial charge in [-0.3, -0.25) is 0 Å². The van der Waals surface area contributed by atoms with Crippen molar-refractivity contribution in [2.45, 2.75) is 37.4 Å². The summed E-state index contributed by atoms with van der Waals surface area (Å²) in [5, 5.41) is 0. The molecule has 0 aliphatic heterocycles. The molecule has 0 saturated heterocycles. The smallest absolute Gasteiger partial charge is 0.126 e. The molecule has 0 aromatic heterocycles. The minimum atomic E-state index is 0.356. The van der Waals surface area contributed by atoms with Gasteiger partial charge in [-0.15, -0.1) is 0 Å². The van der Waals surface area contributed by atoms with Crippen LogP contribution in [0.4, 0.5) is 0 Å². The number of rotatable bonds is 7. The van der Waals surface area contributed by atoms with Crippen LogP contribution in [0.25, 0.3) is 0 Å². The molecule has 96 valence electrons. The monoisotopic (exact) mass is 300 g/mol. The Morgan fingerprint density at radius 2 is 1.94 bits per heavy atom. The SMILES string of the molecule is CCCCCC(Br)c1ccc(OC)cc1OC. The first-order valence-electron chi connectivity index (χ1n) is 6.09. The first-order valence-corrected chi connectivity index (χ1v) is 7.00. The molecule has 0 aliphatic rings. The minimum Gasteiger partial charge on any atom is -0.497 e. The molecule has 1 aromatic rings. The fourth-order valence-corrected chi connectivity index (χ4v) is 2.51. The zero-order valence-electron chi connectivity index (χ0n) is 10.8. The highest BCUT2D eigenvalue weighted by Crippen LogP contribution is 2.36. The number of halogens is 1. The quantitative estimate of drug-likeness (QED) is 0.536. The fourth-order valence-electron chi connectivity index (χ4n) is 1.81. The summed E-state index contributed by atoms with van der Waals surface area (Å²) < 4.78 is 10.6. The maximum absolute atomic E-state index is 5.41. The van der Waals surface area contributed by atoms with Crippen molar-refractivity contribution in [2.75, 3.05) is 14.2 Å². The number of methoxy groups -OCH3 is 2. The zero-order valence-corrected chi connectivity index (χ0v) is 12.4. The molecule has 0 heterocycles. The van der Waals surface area contributed by atoms with E-state index in [-0.39, 0.29) is 0 Å². The van der Waals surface area contributed by atoms with E-state index in [9.17, 15) is 0 Å². The molecule has 0 N–H and O–H groups in total. The number of hydrogen-bond acceptors (Lipinski definition) is 2. The number of unbranched alkanes of at least 4 members (excludes halogenated alkanes) is 2. The topological polar surface area (TPSA) is 18.5 Å². The van der Waals surface area contributed by atoms with Gasteiger partial charge in [-0.05, 0) is 12.5 Å². The van der Waals surface area contributed by atoms with Crippen LogP contribution in [-0.4, -0.2) is 14.2 Å². The molecule has 0 amide bonds. The van der Waals surface area contributed by atoms with Gasteiger partial charge in [0.2, 0.25) is 0 Å². The Morgan fingerprint density at radius 3 is 2.53 bits per heavy atom. The summed E-state index contributed by atoms with van der Waals surface area (Å²) in [7, 11) is 3.37. The lowest BCUT2D eigenvalue weighted by molar-refractivity contribution is 0.390. The Balaban J connectivity index is 2.74. The van der Waals surface area contributed by atoms with Gasteiger partial charge >= 0.3 is 0 Å². The van der Waals surface area contributed by atoms with E-state index >= 15 is 0 Å². The van der Waals surface area contributed by atoms with Crippen molar-refractivity contribution in [1.82, 2.24) is 0 Å². The Kier molecular flexibility index (Phi) is 6.41. The van der Waals surface area contributed by atoms with Crippen LogP contribution in [0.2, 0.25) is 0 Å². The predicted molar refractivity (Wildman–Crippen MR) is 75.4 cm³/mol. The van der Waals surface area contributed by atoms with Crippen molar-refractivity contribution in [3.05, 3.63) is 23.8 Å². The van der Waals surface area contributed by atoms with Crippen LogP contribution >= 0.6 is 15.9 Å². The molecular formula is C14H21BrO2. The third kappa shape index (κ3) is 4.23. The van der Waals surface area contributed by atoms with Crippen LogP contribution in [0.3, 0.4) is 0 Å². The standard InChI is InChI=1S/C14H21BrO2/c1-4-5-6-7-13(15)12-9-8-11(16-2)10-14(12)17-3/h8-10,13H,4-7H2,1-3H3. The molecule has 0 radical (unpaired) electrons. The van der Waals surface area contributed by atoms with Crippen LogP contribution < -0.4 is 9.47 Å². The molecule has 1 atom stereocenters. The van der Waals surface area contributed by atoms with E-state index in [1.807, 2.05) is 12.1 Å². The van der Waals surface area contributed by atoms with E-state index in [4.69, 9.17) is 9.47 Å². The van der Waals surface area contributed by atoms with Gasteiger partial charge in [0.15, 0.2) is 0 Å². The summed E-state index contributed by atoms with van der Waals surface area (Å²) in [6, 6.07) is 5.98. The van der Waals surface area contributed by atoms with Gasteiger partial charge in [-0.2, -0.15) is 0 Å². The van der Waals surface area contributed by atoms with Crippen molar-refractivity contribution in [3.8, 4) is 11.5 Å². The van der Waals surface area contributed by atoms with Crippen molar-refractivity contribution >= 4 is 15.9 Å². The molecule has 0 bridgehead atoms. The van der Waals surface area contributed by atoms with Crippen LogP contribution in [0.5, 0.6) is 11.5 Å². The molecule has 1 rings (SSSR count). The first-order chi connectivity index (χ1) is 8.22. The Morgan fingerprint density at radius 1 is 1.18 bits per heavy atom. The van der Waals surface area contributed by atoms with Crippen molar-refractivity contribution in [2.24, 2.45) is 0 Å². The summed E-state index contributed by atoms with van der Waals surface area (Å²) in [6.45, 7) is 2.22. The highest BCUT2D eigenvalue weighted by Gasteiger charge is 2.13. The lowest BCUT2D eigenvalue weighted by atomic mass is 10.0. The summed E-state index contributed by atoms with van der Waals surface area (Å²) in [5.74, 6) is 1.72. The van der Waals surface area contributed by atoms with Gasteiger partial charge in [-0.1, -0.05) is 48.2 Å². The van der Waals surface area contributed by atoms with Crippen molar-refractivity contribution in [1.29, 1.82) is 0 Å². The number of hydrogen-bond donors (Lipinski definition) is 0. The van der Waals surface area contributed by atoms with Gasteiger partial charge in [0.1, 0.15) is 11.5 Å². The number of ether oxygens (including phenoxy) is 2. The molecular weight excluding hydrogens is 280 g/mol. The van der Waals surface area contributed by atoms with Crippen LogP contribution in [0.15, 0.2) is 18.2 Å². The van der Waals surface area contributed by atoms with E-state index < -0.39 is 0 Å². The van der Waals surface area contributed by atoms with Crippen LogP contribution in [-0.2, 0) is 0 Å². The van der Waals surface area contributed by atoms with Crippen molar-refractivity contribution < 1.29 is 9.47 Å². The van der Waals surface area contributed by atoms with Gasteiger partial charge in [-0.25, -0.2) is 0 Å². The molecule has 0 saturated carbocycles. The average Bonchev–Trinajstić information content (AvgIpc) is 2.38. The second kappa shape index (κ2) is 7.59. The maximum atomic E-state index is 5.41. The summed E-state index contributed by atoms with van der Waals surface area (Å²) in [4.78, 5) is 0.356. The molecule has 17 heavy (non-hydrogen) atoms. The normalized spacial score (nSPS) is 12.2. The average molecular weight is 301 g/mol. The Hall–Kier alpha value is -0.700.